The van der Waals surface area contributed by atoms with Gasteiger partial charge in [0.25, 0.3) is 0 Å². The van der Waals surface area contributed by atoms with Gasteiger partial charge in [-0.3, -0.25) is 9.59 Å². The van der Waals surface area contributed by atoms with Crippen LogP contribution in [-0.4, -0.2) is 80.6 Å². The third-order valence-corrected chi connectivity index (χ3v) is 10.8. The normalized spacial score (nSPS) is 12.8. The first-order chi connectivity index (χ1) is 26.1. The van der Waals surface area contributed by atoms with Gasteiger partial charge in [-0.1, -0.05) is 194 Å². The molecule has 2 unspecified atom stereocenters. The van der Waals surface area contributed by atoms with E-state index in [2.05, 4.69) is 13.8 Å². The van der Waals surface area contributed by atoms with E-state index in [9.17, 15) is 19.5 Å². The lowest BCUT2D eigenvalue weighted by Gasteiger charge is -2.31. The maximum Gasteiger partial charge on any atom is 0.362 e. The van der Waals surface area contributed by atoms with Crippen molar-refractivity contribution in [2.45, 2.75) is 238 Å². The first kappa shape index (κ1) is 52.3. The second-order valence-corrected chi connectivity index (χ2v) is 17.0. The number of likely N-dealkylation sites (N-methyl/N-ethyl adjacent to an activating group) is 1. The molecular weight excluding hydrogens is 679 g/mol. The number of unbranched alkanes of at least 4 members (excludes halogenated alkanes) is 28. The van der Waals surface area contributed by atoms with Crippen LogP contribution in [0.15, 0.2) is 0 Å². The largest absolute Gasteiger partial charge is 0.477 e. The molecule has 54 heavy (non-hydrogen) atoms. The molecule has 0 spiro atoms. The van der Waals surface area contributed by atoms with Crippen LogP contribution in [0, 0.1) is 0 Å². The molecule has 0 saturated carbocycles. The number of carbonyl (C=O) groups excluding carboxylic acids is 2. The van der Waals surface area contributed by atoms with Crippen molar-refractivity contribution in [1.29, 1.82) is 0 Å². The summed E-state index contributed by atoms with van der Waals surface area (Å²) in [7, 11) is 5.53. The number of hydrogen-bond acceptors (Lipinski definition) is 6. The predicted molar refractivity (Wildman–Crippen MR) is 225 cm³/mol. The SMILES string of the molecule is CCCCCCCCCCCCCCCCCCCCCCCCCC(=O)OCC(COCCC(C(=O)O)[N+](C)(C)C)OC(=O)CCCCCCCCC. The van der Waals surface area contributed by atoms with E-state index < -0.39 is 18.1 Å². The van der Waals surface area contributed by atoms with Crippen LogP contribution in [0.4, 0.5) is 0 Å². The molecule has 8 heteroatoms. The van der Waals surface area contributed by atoms with Crippen molar-refractivity contribution in [2.75, 3.05) is 41.0 Å². The van der Waals surface area contributed by atoms with Crippen LogP contribution in [0.1, 0.15) is 226 Å². The van der Waals surface area contributed by atoms with Crippen LogP contribution >= 0.6 is 0 Å². The highest BCUT2D eigenvalue weighted by Crippen LogP contribution is 2.16. The van der Waals surface area contributed by atoms with Crippen molar-refractivity contribution < 1.29 is 38.2 Å². The van der Waals surface area contributed by atoms with E-state index in [-0.39, 0.29) is 36.2 Å². The van der Waals surface area contributed by atoms with Crippen LogP contribution in [0.3, 0.4) is 0 Å². The molecule has 0 heterocycles. The summed E-state index contributed by atoms with van der Waals surface area (Å²) >= 11 is 0. The molecule has 0 aliphatic rings. The number of quaternary nitrogens is 1. The van der Waals surface area contributed by atoms with Crippen LogP contribution in [-0.2, 0) is 28.6 Å². The van der Waals surface area contributed by atoms with E-state index in [0.29, 0.717) is 19.3 Å². The molecule has 8 nitrogen and oxygen atoms in total. The Kier molecular flexibility index (Phi) is 37.0. The summed E-state index contributed by atoms with van der Waals surface area (Å²) in [6.07, 6.45) is 38.9. The Labute approximate surface area is 334 Å². The zero-order valence-corrected chi connectivity index (χ0v) is 36.5. The van der Waals surface area contributed by atoms with E-state index in [4.69, 9.17) is 14.2 Å². The molecule has 0 aromatic heterocycles. The van der Waals surface area contributed by atoms with E-state index in [1.54, 1.807) is 0 Å². The zero-order valence-electron chi connectivity index (χ0n) is 36.5. The Balaban J connectivity index is 4.02. The van der Waals surface area contributed by atoms with Gasteiger partial charge in [-0.25, -0.2) is 4.79 Å². The summed E-state index contributed by atoms with van der Waals surface area (Å²) in [6.45, 7) is 4.73. The number of esters is 2. The smallest absolute Gasteiger partial charge is 0.362 e. The van der Waals surface area contributed by atoms with Crippen molar-refractivity contribution in [3.8, 4) is 0 Å². The number of carboxylic acids is 1. The van der Waals surface area contributed by atoms with Gasteiger partial charge in [-0.2, -0.15) is 0 Å². The molecule has 2 atom stereocenters. The Morgan fingerprint density at radius 2 is 0.815 bits per heavy atom. The Hall–Kier alpha value is -1.67. The minimum absolute atomic E-state index is 0.0430. The Bertz CT molecular complexity index is 858. The van der Waals surface area contributed by atoms with Gasteiger partial charge in [0.05, 0.1) is 34.4 Å². The second-order valence-electron chi connectivity index (χ2n) is 17.0. The maximum atomic E-state index is 12.6. The van der Waals surface area contributed by atoms with Crippen LogP contribution in [0.5, 0.6) is 0 Å². The number of aliphatic carboxylic acids is 1. The van der Waals surface area contributed by atoms with Gasteiger partial charge in [-0.05, 0) is 12.8 Å². The topological polar surface area (TPSA) is 99.1 Å². The number of carbonyl (C=O) groups is 3. The summed E-state index contributed by atoms with van der Waals surface area (Å²) in [4.78, 5) is 36.8. The molecule has 0 amide bonds. The molecule has 0 aliphatic carbocycles. The number of hydrogen-bond donors (Lipinski definition) is 1. The molecule has 1 N–H and O–H groups in total. The summed E-state index contributed by atoms with van der Waals surface area (Å²) < 4.78 is 17.2. The number of ether oxygens (including phenoxy) is 3. The fourth-order valence-corrected chi connectivity index (χ4v) is 7.15. The van der Waals surface area contributed by atoms with Crippen LogP contribution < -0.4 is 0 Å². The van der Waals surface area contributed by atoms with Crippen molar-refractivity contribution in [3.63, 3.8) is 0 Å². The molecule has 0 saturated heterocycles. The lowest BCUT2D eigenvalue weighted by Crippen LogP contribution is -2.50. The molecular formula is C46H90NO7+. The second kappa shape index (κ2) is 38.2. The summed E-state index contributed by atoms with van der Waals surface area (Å²) in [6, 6.07) is -0.607. The molecule has 0 aromatic carbocycles. The highest BCUT2D eigenvalue weighted by molar-refractivity contribution is 5.72. The predicted octanol–water partition coefficient (Wildman–Crippen LogP) is 12.5. The molecule has 0 radical (unpaired) electrons. The van der Waals surface area contributed by atoms with Crippen molar-refractivity contribution in [1.82, 2.24) is 0 Å². The summed E-state index contributed by atoms with van der Waals surface area (Å²) in [5, 5.41) is 9.59. The molecule has 0 aliphatic heterocycles. The minimum atomic E-state index is -0.872. The molecule has 0 bridgehead atoms. The average Bonchev–Trinajstić information content (AvgIpc) is 3.12. The van der Waals surface area contributed by atoms with Gasteiger partial charge >= 0.3 is 17.9 Å². The first-order valence-corrected chi connectivity index (χ1v) is 23.1. The van der Waals surface area contributed by atoms with Gasteiger partial charge in [0, 0.05) is 19.3 Å². The standard InChI is InChI=1S/C46H89NO7/c1-6-8-10-12-14-15-16-17-18-19-20-21-22-23-24-25-26-27-28-29-31-32-34-36-44(48)53-41-42(40-52-39-38-43(46(50)51)47(3,4)5)54-45(49)37-35-33-30-13-11-9-7-2/h42-43H,6-41H2,1-5H3/p+1. The molecule has 0 rings (SSSR count). The van der Waals surface area contributed by atoms with E-state index >= 15 is 0 Å². The molecule has 0 aromatic rings. The number of nitrogens with zero attached hydrogens (tertiary/aromatic N) is 1. The highest BCUT2D eigenvalue weighted by Gasteiger charge is 2.31. The lowest BCUT2D eigenvalue weighted by molar-refractivity contribution is -0.887. The third-order valence-electron chi connectivity index (χ3n) is 10.8. The molecule has 0 fully saturated rings. The highest BCUT2D eigenvalue weighted by atomic mass is 16.6. The van der Waals surface area contributed by atoms with Crippen molar-refractivity contribution in [2.24, 2.45) is 0 Å². The van der Waals surface area contributed by atoms with Gasteiger partial charge in [0.1, 0.15) is 6.61 Å². The van der Waals surface area contributed by atoms with E-state index in [1.165, 1.54) is 154 Å². The first-order valence-electron chi connectivity index (χ1n) is 23.1. The monoisotopic (exact) mass is 769 g/mol. The summed E-state index contributed by atoms with van der Waals surface area (Å²) in [5.74, 6) is -1.45. The number of carboxylic acid groups (broad SMARTS) is 1. The van der Waals surface area contributed by atoms with Crippen LogP contribution in [0.2, 0.25) is 0 Å². The Morgan fingerprint density at radius 1 is 0.481 bits per heavy atom. The third kappa shape index (κ3) is 36.0. The van der Waals surface area contributed by atoms with Gasteiger partial charge < -0.3 is 23.8 Å². The van der Waals surface area contributed by atoms with Gasteiger partial charge in [0.15, 0.2) is 12.1 Å². The minimum Gasteiger partial charge on any atom is -0.477 e. The van der Waals surface area contributed by atoms with Crippen LogP contribution in [0.25, 0.3) is 0 Å². The van der Waals surface area contributed by atoms with E-state index in [1.807, 2.05) is 21.1 Å². The zero-order chi connectivity index (χ0) is 40.0. The summed E-state index contributed by atoms with van der Waals surface area (Å²) in [5.41, 5.74) is 0. The van der Waals surface area contributed by atoms with Crippen molar-refractivity contribution >= 4 is 17.9 Å². The number of rotatable bonds is 42. The maximum absolute atomic E-state index is 12.6. The van der Waals surface area contributed by atoms with Crippen molar-refractivity contribution in [3.05, 3.63) is 0 Å². The van der Waals surface area contributed by atoms with E-state index in [0.717, 1.165) is 38.5 Å². The van der Waals surface area contributed by atoms with Gasteiger partial charge in [-0.15, -0.1) is 0 Å². The quantitative estimate of drug-likeness (QED) is 0.0375. The molecule has 320 valence electrons. The van der Waals surface area contributed by atoms with Gasteiger partial charge in [0.2, 0.25) is 0 Å². The fourth-order valence-electron chi connectivity index (χ4n) is 7.15. The lowest BCUT2D eigenvalue weighted by atomic mass is 10.0. The Morgan fingerprint density at radius 3 is 1.15 bits per heavy atom. The average molecular weight is 769 g/mol. The fraction of sp³-hybridized carbons (Fsp3) is 0.935.